The summed E-state index contributed by atoms with van der Waals surface area (Å²) < 4.78 is 6.78. The van der Waals surface area contributed by atoms with Crippen molar-refractivity contribution in [2.24, 2.45) is 5.92 Å². The molecule has 2 rings (SSSR count). The maximum Gasteiger partial charge on any atom is 0.306 e. The zero-order valence-electron chi connectivity index (χ0n) is 10.2. The molecule has 1 aromatic rings. The zero-order valence-corrected chi connectivity index (χ0v) is 11.8. The molecule has 1 saturated carbocycles. The molecule has 0 spiro atoms. The molecule has 1 aromatic heterocycles. The van der Waals surface area contributed by atoms with E-state index in [2.05, 4.69) is 20.9 Å². The van der Waals surface area contributed by atoms with Gasteiger partial charge in [0.05, 0.1) is 5.92 Å². The molecule has 1 heterocycles. The Bertz CT molecular complexity index is 442. The number of hydrogen-bond acceptors (Lipinski definition) is 3. The zero-order chi connectivity index (χ0) is 13.1. The highest BCUT2D eigenvalue weighted by Gasteiger charge is 2.27. The molecule has 18 heavy (non-hydrogen) atoms. The Morgan fingerprint density at radius 2 is 2.11 bits per heavy atom. The van der Waals surface area contributed by atoms with Crippen LogP contribution in [0.25, 0.3) is 0 Å². The molecule has 1 aliphatic carbocycles. The normalized spacial score (nSPS) is 23.7. The van der Waals surface area contributed by atoms with Crippen LogP contribution in [-0.2, 0) is 4.79 Å². The molecular weight excluding hydrogens is 298 g/mol. The van der Waals surface area contributed by atoms with Gasteiger partial charge in [0.25, 0.3) is 0 Å². The SMILES string of the molecule is Cc1cc(Br)cnc1O[C@H]1CC[C@H](C(=O)O)CC1. The summed E-state index contributed by atoms with van der Waals surface area (Å²) in [6, 6.07) is 1.96. The van der Waals surface area contributed by atoms with Gasteiger partial charge in [0.15, 0.2) is 0 Å². The van der Waals surface area contributed by atoms with E-state index >= 15 is 0 Å². The largest absolute Gasteiger partial charge is 0.481 e. The van der Waals surface area contributed by atoms with Crippen LogP contribution in [0.3, 0.4) is 0 Å². The average Bonchev–Trinajstić information content (AvgIpc) is 2.33. The molecule has 0 aliphatic heterocycles. The lowest BCUT2D eigenvalue weighted by molar-refractivity contribution is -0.143. The van der Waals surface area contributed by atoms with Gasteiger partial charge in [-0.1, -0.05) is 0 Å². The first-order valence-electron chi connectivity index (χ1n) is 6.08. The number of aryl methyl sites for hydroxylation is 1. The van der Waals surface area contributed by atoms with E-state index in [0.717, 1.165) is 22.9 Å². The number of carbonyl (C=O) groups is 1. The van der Waals surface area contributed by atoms with Crippen molar-refractivity contribution < 1.29 is 14.6 Å². The van der Waals surface area contributed by atoms with Crippen molar-refractivity contribution in [3.8, 4) is 5.88 Å². The number of aliphatic carboxylic acids is 1. The van der Waals surface area contributed by atoms with Crippen molar-refractivity contribution >= 4 is 21.9 Å². The van der Waals surface area contributed by atoms with Gasteiger partial charge in [-0.15, -0.1) is 0 Å². The molecule has 0 atom stereocenters. The molecule has 0 aromatic carbocycles. The third-order valence-corrected chi connectivity index (χ3v) is 3.73. The number of carboxylic acids is 1. The lowest BCUT2D eigenvalue weighted by Gasteiger charge is -2.26. The second kappa shape index (κ2) is 5.69. The van der Waals surface area contributed by atoms with E-state index in [1.54, 1.807) is 6.20 Å². The van der Waals surface area contributed by atoms with Crippen LogP contribution in [0.4, 0.5) is 0 Å². The third-order valence-electron chi connectivity index (χ3n) is 3.30. The number of nitrogens with zero attached hydrogens (tertiary/aromatic N) is 1. The molecule has 4 nitrogen and oxygen atoms in total. The van der Waals surface area contributed by atoms with Crippen molar-refractivity contribution in [2.75, 3.05) is 0 Å². The molecule has 0 radical (unpaired) electrons. The van der Waals surface area contributed by atoms with Crippen molar-refractivity contribution in [3.63, 3.8) is 0 Å². The van der Waals surface area contributed by atoms with Crippen LogP contribution in [0.5, 0.6) is 5.88 Å². The first kappa shape index (κ1) is 13.3. The summed E-state index contributed by atoms with van der Waals surface area (Å²) in [7, 11) is 0. The summed E-state index contributed by atoms with van der Waals surface area (Å²) in [4.78, 5) is 15.1. The van der Waals surface area contributed by atoms with Crippen LogP contribution in [0, 0.1) is 12.8 Å². The van der Waals surface area contributed by atoms with E-state index < -0.39 is 5.97 Å². The second-order valence-corrected chi connectivity index (χ2v) is 5.62. The van der Waals surface area contributed by atoms with Gasteiger partial charge in [-0.05, 0) is 54.6 Å². The van der Waals surface area contributed by atoms with Crippen molar-refractivity contribution in [1.29, 1.82) is 0 Å². The monoisotopic (exact) mass is 313 g/mol. The lowest BCUT2D eigenvalue weighted by Crippen LogP contribution is -2.28. The number of pyridine rings is 1. The minimum Gasteiger partial charge on any atom is -0.481 e. The summed E-state index contributed by atoms with van der Waals surface area (Å²) in [5.41, 5.74) is 0.990. The van der Waals surface area contributed by atoms with Crippen molar-refractivity contribution in [1.82, 2.24) is 4.98 Å². The number of halogens is 1. The molecule has 0 bridgehead atoms. The average molecular weight is 314 g/mol. The Labute approximate surface area is 115 Å². The topological polar surface area (TPSA) is 59.4 Å². The van der Waals surface area contributed by atoms with E-state index in [9.17, 15) is 4.79 Å². The highest BCUT2D eigenvalue weighted by molar-refractivity contribution is 9.10. The number of carboxylic acid groups (broad SMARTS) is 1. The van der Waals surface area contributed by atoms with Crippen LogP contribution < -0.4 is 4.74 Å². The third kappa shape index (κ3) is 3.22. The predicted octanol–water partition coefficient (Wildman–Crippen LogP) is 3.17. The highest BCUT2D eigenvalue weighted by Crippen LogP contribution is 2.28. The van der Waals surface area contributed by atoms with Gasteiger partial charge >= 0.3 is 5.97 Å². The van der Waals surface area contributed by atoms with E-state index in [0.29, 0.717) is 18.7 Å². The van der Waals surface area contributed by atoms with Crippen molar-refractivity contribution in [2.45, 2.75) is 38.7 Å². The van der Waals surface area contributed by atoms with Crippen LogP contribution in [0.15, 0.2) is 16.7 Å². The van der Waals surface area contributed by atoms with Gasteiger partial charge in [0.2, 0.25) is 5.88 Å². The standard InChI is InChI=1S/C13H16BrNO3/c1-8-6-10(14)7-15-12(8)18-11-4-2-9(3-5-11)13(16)17/h6-7,9,11H,2-5H2,1H3,(H,16,17)/t9-,11-. The molecule has 1 N–H and O–H groups in total. The van der Waals surface area contributed by atoms with Gasteiger partial charge in [-0.3, -0.25) is 4.79 Å². The molecule has 0 saturated heterocycles. The summed E-state index contributed by atoms with van der Waals surface area (Å²) in [5.74, 6) is -0.243. The molecular formula is C13H16BrNO3. The van der Waals surface area contributed by atoms with Crippen LogP contribution in [0.2, 0.25) is 0 Å². The Balaban J connectivity index is 1.93. The maximum absolute atomic E-state index is 10.9. The van der Waals surface area contributed by atoms with Crippen LogP contribution in [-0.4, -0.2) is 22.2 Å². The Kier molecular flexibility index (Phi) is 4.22. The van der Waals surface area contributed by atoms with Gasteiger partial charge in [-0.25, -0.2) is 4.98 Å². The minimum atomic E-state index is -0.689. The molecule has 0 amide bonds. The van der Waals surface area contributed by atoms with E-state index in [1.165, 1.54) is 0 Å². The Hall–Kier alpha value is -1.10. The van der Waals surface area contributed by atoms with E-state index in [1.807, 2.05) is 13.0 Å². The van der Waals surface area contributed by atoms with E-state index in [-0.39, 0.29) is 12.0 Å². The quantitative estimate of drug-likeness (QED) is 0.931. The maximum atomic E-state index is 10.9. The smallest absolute Gasteiger partial charge is 0.306 e. The number of ether oxygens (including phenoxy) is 1. The first-order chi connectivity index (χ1) is 8.56. The number of hydrogen-bond donors (Lipinski definition) is 1. The molecule has 1 aliphatic rings. The van der Waals surface area contributed by atoms with Gasteiger partial charge in [0, 0.05) is 16.2 Å². The summed E-state index contributed by atoms with van der Waals surface area (Å²) in [5, 5.41) is 8.93. The van der Waals surface area contributed by atoms with Crippen LogP contribution in [0.1, 0.15) is 31.2 Å². The molecule has 1 fully saturated rings. The Morgan fingerprint density at radius 3 is 2.67 bits per heavy atom. The van der Waals surface area contributed by atoms with E-state index in [4.69, 9.17) is 9.84 Å². The fourth-order valence-corrected chi connectivity index (χ4v) is 2.68. The Morgan fingerprint density at radius 1 is 1.44 bits per heavy atom. The fourth-order valence-electron chi connectivity index (χ4n) is 2.24. The summed E-state index contributed by atoms with van der Waals surface area (Å²) in [6.07, 6.45) is 4.76. The fraction of sp³-hybridized carbons (Fsp3) is 0.538. The lowest BCUT2D eigenvalue weighted by atomic mass is 9.87. The first-order valence-corrected chi connectivity index (χ1v) is 6.87. The van der Waals surface area contributed by atoms with Gasteiger partial charge < -0.3 is 9.84 Å². The van der Waals surface area contributed by atoms with Crippen LogP contribution >= 0.6 is 15.9 Å². The number of aromatic nitrogens is 1. The summed E-state index contributed by atoms with van der Waals surface area (Å²) >= 11 is 3.36. The molecule has 0 unspecified atom stereocenters. The van der Waals surface area contributed by atoms with Crippen molar-refractivity contribution in [3.05, 3.63) is 22.3 Å². The van der Waals surface area contributed by atoms with Gasteiger partial charge in [0.1, 0.15) is 6.10 Å². The molecule has 98 valence electrons. The molecule has 5 heteroatoms. The summed E-state index contributed by atoms with van der Waals surface area (Å²) in [6.45, 7) is 1.95. The van der Waals surface area contributed by atoms with Gasteiger partial charge in [-0.2, -0.15) is 0 Å². The predicted molar refractivity (Wildman–Crippen MR) is 70.7 cm³/mol. The highest BCUT2D eigenvalue weighted by atomic mass is 79.9. The minimum absolute atomic E-state index is 0.0907. The second-order valence-electron chi connectivity index (χ2n) is 4.71. The number of rotatable bonds is 3.